The van der Waals surface area contributed by atoms with E-state index < -0.39 is 0 Å². The smallest absolute Gasteiger partial charge is 0.319 e. The Morgan fingerprint density at radius 2 is 1.84 bits per heavy atom. The first-order valence-corrected chi connectivity index (χ1v) is 13.5. The van der Waals surface area contributed by atoms with Gasteiger partial charge in [-0.25, -0.2) is 4.79 Å². The number of aromatic amines is 1. The summed E-state index contributed by atoms with van der Waals surface area (Å²) in [5.74, 6) is 0.314. The number of anilines is 1. The minimum absolute atomic E-state index is 0. The van der Waals surface area contributed by atoms with Gasteiger partial charge in [0.2, 0.25) is 0 Å². The van der Waals surface area contributed by atoms with Crippen LogP contribution in [0.3, 0.4) is 0 Å². The molecule has 2 aliphatic heterocycles. The van der Waals surface area contributed by atoms with Crippen LogP contribution in [0.4, 0.5) is 10.6 Å². The molecule has 1 saturated heterocycles. The molecule has 198 valence electrons. The molecule has 0 bridgehead atoms. The molecule has 2 atom stereocenters. The highest BCUT2D eigenvalue weighted by atomic mass is 32.1. The van der Waals surface area contributed by atoms with Gasteiger partial charge in [-0.2, -0.15) is 5.10 Å². The number of fused-ring (bicyclic) bond motifs is 2. The molecule has 2 aliphatic rings. The van der Waals surface area contributed by atoms with E-state index in [9.17, 15) is 9.59 Å². The van der Waals surface area contributed by atoms with Crippen molar-refractivity contribution in [3.05, 3.63) is 82.4 Å². The number of amides is 3. The molecule has 0 radical (unpaired) electrons. The summed E-state index contributed by atoms with van der Waals surface area (Å²) in [6, 6.07) is 20.2. The molecule has 9 heteroatoms. The van der Waals surface area contributed by atoms with Gasteiger partial charge in [-0.3, -0.25) is 9.89 Å². The lowest BCUT2D eigenvalue weighted by atomic mass is 10.0. The fraction of sp³-hybridized carbons (Fsp3) is 0.345. The van der Waals surface area contributed by atoms with Gasteiger partial charge in [0.1, 0.15) is 0 Å². The Hall–Kier alpha value is -3.69. The zero-order chi connectivity index (χ0) is 25.5. The van der Waals surface area contributed by atoms with Crippen molar-refractivity contribution in [2.24, 2.45) is 0 Å². The zero-order valence-electron chi connectivity index (χ0n) is 21.0. The SMILES string of the molecule is C.CC1c2[nH]nc(NC(=O)c3cc4ccccc4s3)c2CN1C(=O)N1CCN(C)C[C@@H]1Cc1ccccc1. The predicted molar refractivity (Wildman–Crippen MR) is 153 cm³/mol. The molecule has 4 aromatic rings. The van der Waals surface area contributed by atoms with E-state index in [4.69, 9.17) is 0 Å². The lowest BCUT2D eigenvalue weighted by molar-refractivity contribution is 0.0781. The molecule has 0 saturated carbocycles. The van der Waals surface area contributed by atoms with Crippen LogP contribution in [-0.2, 0) is 13.0 Å². The van der Waals surface area contributed by atoms with Crippen LogP contribution in [0.2, 0.25) is 0 Å². The summed E-state index contributed by atoms with van der Waals surface area (Å²) in [6.07, 6.45) is 0.822. The molecule has 1 unspecified atom stereocenters. The van der Waals surface area contributed by atoms with Crippen LogP contribution in [0.5, 0.6) is 0 Å². The van der Waals surface area contributed by atoms with Crippen molar-refractivity contribution >= 4 is 39.2 Å². The first-order chi connectivity index (χ1) is 18.0. The third-order valence-corrected chi connectivity index (χ3v) is 8.60. The molecular formula is C29H34N6O2S. The minimum atomic E-state index is -0.185. The quantitative estimate of drug-likeness (QED) is 0.372. The fourth-order valence-corrected chi connectivity index (χ4v) is 6.39. The lowest BCUT2D eigenvalue weighted by Gasteiger charge is -2.42. The second-order valence-electron chi connectivity index (χ2n) is 9.95. The third-order valence-electron chi connectivity index (χ3n) is 7.49. The molecule has 4 heterocycles. The Balaban J connectivity index is 0.00000294. The number of benzene rings is 2. The van der Waals surface area contributed by atoms with E-state index in [0.29, 0.717) is 23.8 Å². The van der Waals surface area contributed by atoms with Crippen LogP contribution in [0.15, 0.2) is 60.7 Å². The van der Waals surface area contributed by atoms with Crippen molar-refractivity contribution in [3.63, 3.8) is 0 Å². The van der Waals surface area contributed by atoms with E-state index in [1.54, 1.807) is 0 Å². The summed E-state index contributed by atoms with van der Waals surface area (Å²) in [7, 11) is 2.11. The molecule has 1 fully saturated rings. The Labute approximate surface area is 227 Å². The average molecular weight is 531 g/mol. The average Bonchev–Trinajstić information content (AvgIpc) is 3.60. The molecule has 0 spiro atoms. The van der Waals surface area contributed by atoms with E-state index >= 15 is 0 Å². The van der Waals surface area contributed by atoms with Crippen molar-refractivity contribution in [1.29, 1.82) is 0 Å². The van der Waals surface area contributed by atoms with Crippen molar-refractivity contribution in [3.8, 4) is 0 Å². The first kappa shape index (κ1) is 25.9. The minimum Gasteiger partial charge on any atom is -0.319 e. The second-order valence-corrected chi connectivity index (χ2v) is 11.0. The number of likely N-dealkylation sites (N-methyl/N-ethyl adjacent to an activating group) is 1. The summed E-state index contributed by atoms with van der Waals surface area (Å²) in [6.45, 7) is 4.81. The van der Waals surface area contributed by atoms with Crippen LogP contribution >= 0.6 is 11.3 Å². The number of carbonyl (C=O) groups excluding carboxylic acids is 2. The molecule has 2 aromatic heterocycles. The Kier molecular flexibility index (Phi) is 7.23. The van der Waals surface area contributed by atoms with E-state index in [1.165, 1.54) is 16.9 Å². The molecule has 38 heavy (non-hydrogen) atoms. The number of rotatable bonds is 4. The van der Waals surface area contributed by atoms with Gasteiger partial charge >= 0.3 is 6.03 Å². The van der Waals surface area contributed by atoms with Gasteiger partial charge in [-0.1, -0.05) is 56.0 Å². The second kappa shape index (κ2) is 10.6. The van der Waals surface area contributed by atoms with Crippen LogP contribution in [0.25, 0.3) is 10.1 Å². The molecule has 2 N–H and O–H groups in total. The standard InChI is InChI=1S/C28H30N6O2S.CH4/c1-18-25-22(26(31-30-25)29-27(35)24-15-20-10-6-7-11-23(20)37-24)17-34(18)28(36)33-13-12-32(2)16-21(33)14-19-8-4-3-5-9-19;/h3-11,15,18,21H,12-14,16-17H2,1-2H3,(H2,29,30,31,35);1H4/t18?,21-;/m0./s1. The largest absolute Gasteiger partial charge is 0.321 e. The summed E-state index contributed by atoms with van der Waals surface area (Å²) in [5, 5.41) is 11.5. The van der Waals surface area contributed by atoms with Crippen LogP contribution < -0.4 is 5.32 Å². The molecule has 6 rings (SSSR count). The van der Waals surface area contributed by atoms with Crippen molar-refractivity contribution < 1.29 is 9.59 Å². The van der Waals surface area contributed by atoms with Gasteiger partial charge in [0, 0.05) is 29.9 Å². The van der Waals surface area contributed by atoms with Crippen LogP contribution in [0, 0.1) is 0 Å². The van der Waals surface area contributed by atoms with Crippen LogP contribution in [0.1, 0.15) is 46.9 Å². The zero-order valence-corrected chi connectivity index (χ0v) is 21.8. The van der Waals surface area contributed by atoms with Gasteiger partial charge in [-0.05, 0) is 43.5 Å². The van der Waals surface area contributed by atoms with Crippen molar-refractivity contribution in [2.45, 2.75) is 39.4 Å². The third kappa shape index (κ3) is 4.79. The Morgan fingerprint density at radius 3 is 2.63 bits per heavy atom. The number of urea groups is 1. The maximum Gasteiger partial charge on any atom is 0.321 e. The normalized spacial score (nSPS) is 19.3. The fourth-order valence-electron chi connectivity index (χ4n) is 5.44. The van der Waals surface area contributed by atoms with Gasteiger partial charge in [0.25, 0.3) is 5.91 Å². The number of thiophene rings is 1. The van der Waals surface area contributed by atoms with Crippen LogP contribution in [-0.4, -0.2) is 69.6 Å². The number of piperazine rings is 1. The molecule has 3 amide bonds. The number of carbonyl (C=O) groups is 2. The highest BCUT2D eigenvalue weighted by Gasteiger charge is 2.40. The highest BCUT2D eigenvalue weighted by Crippen LogP contribution is 2.37. The maximum atomic E-state index is 13.9. The monoisotopic (exact) mass is 530 g/mol. The van der Waals surface area contributed by atoms with Crippen molar-refractivity contribution in [1.82, 2.24) is 24.9 Å². The van der Waals surface area contributed by atoms with Gasteiger partial charge in [0.15, 0.2) is 5.82 Å². The molecular weight excluding hydrogens is 496 g/mol. The summed E-state index contributed by atoms with van der Waals surface area (Å²) < 4.78 is 1.07. The van der Waals surface area contributed by atoms with Gasteiger partial charge < -0.3 is 20.0 Å². The highest BCUT2D eigenvalue weighted by molar-refractivity contribution is 7.20. The molecule has 8 nitrogen and oxygen atoms in total. The first-order valence-electron chi connectivity index (χ1n) is 12.6. The van der Waals surface area contributed by atoms with Gasteiger partial charge in [-0.15, -0.1) is 11.3 Å². The van der Waals surface area contributed by atoms with Crippen molar-refractivity contribution in [2.75, 3.05) is 32.0 Å². The Bertz CT molecular complexity index is 1410. The topological polar surface area (TPSA) is 84.6 Å². The number of nitrogens with one attached hydrogen (secondary N) is 2. The van der Waals surface area contributed by atoms with E-state index in [-0.39, 0.29) is 31.4 Å². The Morgan fingerprint density at radius 1 is 1.08 bits per heavy atom. The van der Waals surface area contributed by atoms with E-state index in [0.717, 1.165) is 40.9 Å². The number of H-pyrrole nitrogens is 1. The summed E-state index contributed by atoms with van der Waals surface area (Å²) in [4.78, 5) is 33.7. The maximum absolute atomic E-state index is 13.9. The van der Waals surface area contributed by atoms with E-state index in [1.807, 2.05) is 65.3 Å². The van der Waals surface area contributed by atoms with E-state index in [2.05, 4.69) is 39.6 Å². The predicted octanol–water partition coefficient (Wildman–Crippen LogP) is 5.37. The van der Waals surface area contributed by atoms with Gasteiger partial charge in [0.05, 0.1) is 29.2 Å². The number of hydrogen-bond acceptors (Lipinski definition) is 5. The summed E-state index contributed by atoms with van der Waals surface area (Å²) >= 11 is 1.46. The number of aromatic nitrogens is 2. The summed E-state index contributed by atoms with van der Waals surface area (Å²) in [5.41, 5.74) is 2.99. The molecule has 0 aliphatic carbocycles. The number of hydrogen-bond donors (Lipinski definition) is 2. The number of nitrogens with zero attached hydrogens (tertiary/aromatic N) is 4. The lowest BCUT2D eigenvalue weighted by Crippen LogP contribution is -2.57. The molecule has 2 aromatic carbocycles.